The van der Waals surface area contributed by atoms with Crippen molar-refractivity contribution in [1.29, 1.82) is 0 Å². The molecule has 0 radical (unpaired) electrons. The Morgan fingerprint density at radius 3 is 2.50 bits per heavy atom. The van der Waals surface area contributed by atoms with Crippen molar-refractivity contribution in [3.8, 4) is 0 Å². The van der Waals surface area contributed by atoms with E-state index in [1.54, 1.807) is 0 Å². The van der Waals surface area contributed by atoms with Gasteiger partial charge in [0.2, 0.25) is 0 Å². The summed E-state index contributed by atoms with van der Waals surface area (Å²) in [5.41, 5.74) is 0. The fourth-order valence-corrected chi connectivity index (χ4v) is 3.78. The fraction of sp³-hybridized carbons (Fsp3) is 1.00. The molecule has 18 heavy (non-hydrogen) atoms. The molecule has 1 N–H and O–H groups in total. The molecule has 2 nitrogen and oxygen atoms in total. The van der Waals surface area contributed by atoms with Crippen molar-refractivity contribution in [2.45, 2.75) is 77.3 Å². The van der Waals surface area contributed by atoms with E-state index in [0.717, 1.165) is 18.0 Å². The smallest absolute Gasteiger partial charge is 0.00979 e. The number of hydrogen-bond donors (Lipinski definition) is 1. The van der Waals surface area contributed by atoms with Crippen LogP contribution in [0.1, 0.15) is 65.2 Å². The van der Waals surface area contributed by atoms with Gasteiger partial charge >= 0.3 is 0 Å². The summed E-state index contributed by atoms with van der Waals surface area (Å²) < 4.78 is 0. The van der Waals surface area contributed by atoms with E-state index in [0.29, 0.717) is 0 Å². The van der Waals surface area contributed by atoms with Crippen LogP contribution in [0.3, 0.4) is 0 Å². The first kappa shape index (κ1) is 14.3. The van der Waals surface area contributed by atoms with Crippen LogP contribution in [0.2, 0.25) is 0 Å². The van der Waals surface area contributed by atoms with Gasteiger partial charge in [0.1, 0.15) is 0 Å². The molecule has 0 aromatic heterocycles. The lowest BCUT2D eigenvalue weighted by Gasteiger charge is -2.41. The van der Waals surface area contributed by atoms with Crippen molar-refractivity contribution in [3.05, 3.63) is 0 Å². The molecule has 0 bridgehead atoms. The van der Waals surface area contributed by atoms with Gasteiger partial charge in [-0.3, -0.25) is 0 Å². The second kappa shape index (κ2) is 7.49. The second-order valence-corrected chi connectivity index (χ2v) is 6.36. The van der Waals surface area contributed by atoms with Crippen LogP contribution >= 0.6 is 0 Å². The van der Waals surface area contributed by atoms with E-state index in [4.69, 9.17) is 0 Å². The highest BCUT2D eigenvalue weighted by molar-refractivity contribution is 4.85. The monoisotopic (exact) mass is 252 g/mol. The lowest BCUT2D eigenvalue weighted by molar-refractivity contribution is 0.0962. The Kier molecular flexibility index (Phi) is 5.97. The Morgan fingerprint density at radius 1 is 1.06 bits per heavy atom. The summed E-state index contributed by atoms with van der Waals surface area (Å²) in [6.07, 6.45) is 11.3. The average Bonchev–Trinajstić information content (AvgIpc) is 2.46. The Hall–Kier alpha value is -0.0800. The van der Waals surface area contributed by atoms with Gasteiger partial charge in [-0.2, -0.15) is 0 Å². The lowest BCUT2D eigenvalue weighted by Crippen LogP contribution is -2.48. The van der Waals surface area contributed by atoms with Gasteiger partial charge in [0.05, 0.1) is 0 Å². The van der Waals surface area contributed by atoms with E-state index in [2.05, 4.69) is 24.1 Å². The van der Waals surface area contributed by atoms with E-state index in [1.807, 2.05) is 0 Å². The van der Waals surface area contributed by atoms with Gasteiger partial charge < -0.3 is 10.2 Å². The SMILES string of the molecule is CCCNC1CCN(C2CCCC(CC)C2)CC1. The summed E-state index contributed by atoms with van der Waals surface area (Å²) in [6, 6.07) is 1.71. The third-order valence-corrected chi connectivity index (χ3v) is 5.06. The quantitative estimate of drug-likeness (QED) is 0.806. The molecule has 0 aromatic rings. The molecule has 2 atom stereocenters. The molecule has 2 fully saturated rings. The Balaban J connectivity index is 1.72. The van der Waals surface area contributed by atoms with E-state index >= 15 is 0 Å². The number of rotatable bonds is 5. The second-order valence-electron chi connectivity index (χ2n) is 6.36. The van der Waals surface area contributed by atoms with Crippen LogP contribution in [0, 0.1) is 5.92 Å². The molecular formula is C16H32N2. The van der Waals surface area contributed by atoms with E-state index in [9.17, 15) is 0 Å². The van der Waals surface area contributed by atoms with Crippen LogP contribution in [-0.4, -0.2) is 36.6 Å². The molecule has 1 aliphatic heterocycles. The zero-order valence-electron chi connectivity index (χ0n) is 12.5. The first-order valence-electron chi connectivity index (χ1n) is 8.30. The maximum atomic E-state index is 3.69. The van der Waals surface area contributed by atoms with E-state index < -0.39 is 0 Å². The summed E-state index contributed by atoms with van der Waals surface area (Å²) in [5, 5.41) is 3.69. The van der Waals surface area contributed by atoms with Crippen LogP contribution in [-0.2, 0) is 0 Å². The summed E-state index contributed by atoms with van der Waals surface area (Å²) >= 11 is 0. The minimum atomic E-state index is 0.798. The lowest BCUT2D eigenvalue weighted by atomic mass is 9.83. The zero-order chi connectivity index (χ0) is 12.8. The van der Waals surface area contributed by atoms with Gasteiger partial charge in [0.15, 0.2) is 0 Å². The van der Waals surface area contributed by atoms with Crippen molar-refractivity contribution in [2.75, 3.05) is 19.6 Å². The fourth-order valence-electron chi connectivity index (χ4n) is 3.78. The normalized spacial score (nSPS) is 31.7. The Labute approximate surface area is 114 Å². The molecule has 2 rings (SSSR count). The molecule has 2 aliphatic rings. The van der Waals surface area contributed by atoms with Crippen molar-refractivity contribution in [3.63, 3.8) is 0 Å². The van der Waals surface area contributed by atoms with Gasteiger partial charge in [-0.25, -0.2) is 0 Å². The average molecular weight is 252 g/mol. The molecule has 1 saturated heterocycles. The predicted molar refractivity (Wildman–Crippen MR) is 78.9 cm³/mol. The molecule has 1 saturated carbocycles. The third kappa shape index (κ3) is 3.96. The molecule has 2 unspecified atom stereocenters. The first-order chi connectivity index (χ1) is 8.83. The number of hydrogen-bond acceptors (Lipinski definition) is 2. The molecule has 0 amide bonds. The maximum Gasteiger partial charge on any atom is 0.00979 e. The highest BCUT2D eigenvalue weighted by atomic mass is 15.2. The third-order valence-electron chi connectivity index (χ3n) is 5.06. The summed E-state index contributed by atoms with van der Waals surface area (Å²) in [6.45, 7) is 8.50. The maximum absolute atomic E-state index is 3.69. The number of nitrogens with zero attached hydrogens (tertiary/aromatic N) is 1. The van der Waals surface area contributed by atoms with Crippen LogP contribution in [0.4, 0.5) is 0 Å². The summed E-state index contributed by atoms with van der Waals surface area (Å²) in [5.74, 6) is 1.01. The zero-order valence-corrected chi connectivity index (χ0v) is 12.5. The largest absolute Gasteiger partial charge is 0.314 e. The standard InChI is InChI=1S/C16H32N2/c1-3-10-17-15-8-11-18(12-9-15)16-7-5-6-14(4-2)13-16/h14-17H,3-13H2,1-2H3. The highest BCUT2D eigenvalue weighted by Crippen LogP contribution is 2.31. The van der Waals surface area contributed by atoms with Crippen LogP contribution < -0.4 is 5.32 Å². The van der Waals surface area contributed by atoms with Crippen molar-refractivity contribution < 1.29 is 0 Å². The Morgan fingerprint density at radius 2 is 1.83 bits per heavy atom. The highest BCUT2D eigenvalue weighted by Gasteiger charge is 2.28. The predicted octanol–water partition coefficient (Wildman–Crippen LogP) is 3.42. The topological polar surface area (TPSA) is 15.3 Å². The number of nitrogens with one attached hydrogen (secondary N) is 1. The minimum absolute atomic E-state index is 0.798. The summed E-state index contributed by atoms with van der Waals surface area (Å²) in [4.78, 5) is 2.80. The molecule has 0 spiro atoms. The molecular weight excluding hydrogens is 220 g/mol. The van der Waals surface area contributed by atoms with Crippen LogP contribution in [0.15, 0.2) is 0 Å². The van der Waals surface area contributed by atoms with Gasteiger partial charge in [0.25, 0.3) is 0 Å². The molecule has 0 aromatic carbocycles. The summed E-state index contributed by atoms with van der Waals surface area (Å²) in [7, 11) is 0. The van der Waals surface area contributed by atoms with Crippen LogP contribution in [0.5, 0.6) is 0 Å². The first-order valence-corrected chi connectivity index (χ1v) is 8.30. The van der Waals surface area contributed by atoms with E-state index in [1.165, 1.54) is 71.0 Å². The van der Waals surface area contributed by atoms with Crippen molar-refractivity contribution in [2.24, 2.45) is 5.92 Å². The van der Waals surface area contributed by atoms with E-state index in [-0.39, 0.29) is 0 Å². The van der Waals surface area contributed by atoms with Gasteiger partial charge in [-0.15, -0.1) is 0 Å². The van der Waals surface area contributed by atoms with Gasteiger partial charge in [-0.05, 0) is 57.7 Å². The molecule has 106 valence electrons. The molecule has 2 heteroatoms. The molecule has 1 aliphatic carbocycles. The number of piperidine rings is 1. The van der Waals surface area contributed by atoms with Gasteiger partial charge in [-0.1, -0.05) is 33.1 Å². The molecule has 1 heterocycles. The van der Waals surface area contributed by atoms with Crippen molar-refractivity contribution >= 4 is 0 Å². The van der Waals surface area contributed by atoms with Crippen molar-refractivity contribution in [1.82, 2.24) is 10.2 Å². The van der Waals surface area contributed by atoms with Gasteiger partial charge in [0, 0.05) is 12.1 Å². The Bertz CT molecular complexity index is 221. The minimum Gasteiger partial charge on any atom is -0.314 e. The van der Waals surface area contributed by atoms with Crippen LogP contribution in [0.25, 0.3) is 0 Å². The number of likely N-dealkylation sites (tertiary alicyclic amines) is 1.